The molecule has 0 aliphatic heterocycles. The second-order valence-electron chi connectivity index (χ2n) is 10.1. The molecule has 34 heavy (non-hydrogen) atoms. The van der Waals surface area contributed by atoms with Crippen LogP contribution in [0.25, 0.3) is 10.6 Å². The summed E-state index contributed by atoms with van der Waals surface area (Å²) in [5.41, 5.74) is 0.956. The highest BCUT2D eigenvalue weighted by Crippen LogP contribution is 2.62. The quantitative estimate of drug-likeness (QED) is 0.445. The number of nitrogens with one attached hydrogen (secondary N) is 2. The Labute approximate surface area is 204 Å². The van der Waals surface area contributed by atoms with Gasteiger partial charge >= 0.3 is 0 Å². The van der Waals surface area contributed by atoms with E-state index in [1.54, 1.807) is 23.7 Å². The molecule has 2 aliphatic rings. The Bertz CT molecular complexity index is 1040. The zero-order valence-corrected chi connectivity index (χ0v) is 20.8. The van der Waals surface area contributed by atoms with Crippen LogP contribution in [0.4, 0.5) is 0 Å². The Morgan fingerprint density at radius 1 is 1.26 bits per heavy atom. The van der Waals surface area contributed by atoms with Gasteiger partial charge in [-0.2, -0.15) is 0 Å². The SMILES string of the molecule is CC(=O)NCCNC(=O)CC1c2nc(-c3cccnc3)sc2CC2C(C)(CO)C(O)CCC12C. The predicted molar refractivity (Wildman–Crippen MR) is 130 cm³/mol. The van der Waals surface area contributed by atoms with Crippen LogP contribution in [-0.4, -0.2) is 57.8 Å². The number of hydrogen-bond donors (Lipinski definition) is 4. The maximum Gasteiger partial charge on any atom is 0.220 e. The van der Waals surface area contributed by atoms with E-state index in [0.29, 0.717) is 19.5 Å². The number of amides is 2. The Morgan fingerprint density at radius 2 is 2.03 bits per heavy atom. The van der Waals surface area contributed by atoms with Crippen molar-refractivity contribution in [3.63, 3.8) is 0 Å². The van der Waals surface area contributed by atoms with Gasteiger partial charge in [0.15, 0.2) is 0 Å². The molecule has 0 saturated heterocycles. The molecule has 1 saturated carbocycles. The molecule has 2 aliphatic carbocycles. The second-order valence-corrected chi connectivity index (χ2v) is 11.2. The Hall–Kier alpha value is -2.36. The van der Waals surface area contributed by atoms with Crippen LogP contribution in [-0.2, 0) is 16.0 Å². The molecule has 4 N–H and O–H groups in total. The first-order valence-corrected chi connectivity index (χ1v) is 12.7. The van der Waals surface area contributed by atoms with E-state index in [-0.39, 0.29) is 42.1 Å². The zero-order chi connectivity index (χ0) is 24.5. The van der Waals surface area contributed by atoms with Gasteiger partial charge in [-0.25, -0.2) is 4.98 Å². The number of aromatic nitrogens is 2. The van der Waals surface area contributed by atoms with Gasteiger partial charge in [-0.3, -0.25) is 14.6 Å². The van der Waals surface area contributed by atoms with E-state index in [4.69, 9.17) is 4.98 Å². The molecule has 2 aromatic rings. The van der Waals surface area contributed by atoms with Gasteiger partial charge in [0.05, 0.1) is 18.4 Å². The van der Waals surface area contributed by atoms with E-state index in [2.05, 4.69) is 22.5 Å². The van der Waals surface area contributed by atoms with E-state index in [1.165, 1.54) is 6.92 Å². The van der Waals surface area contributed by atoms with Crippen molar-refractivity contribution in [1.82, 2.24) is 20.6 Å². The lowest BCUT2D eigenvalue weighted by molar-refractivity contribution is -0.144. The molecule has 184 valence electrons. The van der Waals surface area contributed by atoms with Crippen LogP contribution in [0.1, 0.15) is 56.5 Å². The Balaban J connectivity index is 1.68. The topological polar surface area (TPSA) is 124 Å². The summed E-state index contributed by atoms with van der Waals surface area (Å²) >= 11 is 1.62. The summed E-state index contributed by atoms with van der Waals surface area (Å²) < 4.78 is 0. The fourth-order valence-corrected chi connectivity index (χ4v) is 7.11. The first kappa shape index (κ1) is 24.8. The van der Waals surface area contributed by atoms with E-state index in [1.807, 2.05) is 19.1 Å². The Morgan fingerprint density at radius 3 is 2.71 bits per heavy atom. The molecule has 0 radical (unpaired) electrons. The molecule has 1 fully saturated rings. The number of hydrogen-bond acceptors (Lipinski definition) is 7. The minimum Gasteiger partial charge on any atom is -0.396 e. The van der Waals surface area contributed by atoms with Crippen LogP contribution >= 0.6 is 11.3 Å². The number of fused-ring (bicyclic) bond motifs is 2. The molecular weight excluding hydrogens is 452 g/mol. The first-order chi connectivity index (χ1) is 16.2. The molecule has 5 unspecified atom stereocenters. The Kier molecular flexibility index (Phi) is 7.07. The number of carbonyl (C=O) groups is 2. The molecule has 2 aromatic heterocycles. The molecule has 4 rings (SSSR count). The van der Waals surface area contributed by atoms with Crippen LogP contribution in [0, 0.1) is 16.7 Å². The zero-order valence-electron chi connectivity index (χ0n) is 20.0. The van der Waals surface area contributed by atoms with Gasteiger partial charge in [-0.1, -0.05) is 13.8 Å². The fraction of sp³-hybridized carbons (Fsp3) is 0.600. The van der Waals surface area contributed by atoms with Crippen molar-refractivity contribution in [2.45, 2.75) is 58.5 Å². The molecule has 8 nitrogen and oxygen atoms in total. The van der Waals surface area contributed by atoms with Crippen molar-refractivity contribution in [3.05, 3.63) is 35.1 Å². The summed E-state index contributed by atoms with van der Waals surface area (Å²) in [5, 5.41) is 27.7. The third-order valence-corrected chi connectivity index (χ3v) is 9.16. The third kappa shape index (κ3) is 4.48. The summed E-state index contributed by atoms with van der Waals surface area (Å²) in [4.78, 5) is 34.5. The number of aliphatic hydroxyl groups excluding tert-OH is 2. The highest BCUT2D eigenvalue weighted by atomic mass is 32.1. The van der Waals surface area contributed by atoms with Crippen molar-refractivity contribution < 1.29 is 19.8 Å². The fourth-order valence-electron chi connectivity index (χ4n) is 5.96. The predicted octanol–water partition coefficient (Wildman–Crippen LogP) is 2.26. The normalized spacial score (nSPS) is 30.2. The number of nitrogens with zero attached hydrogens (tertiary/aromatic N) is 2. The molecular formula is C25H34N4O4S. The van der Waals surface area contributed by atoms with Gasteiger partial charge < -0.3 is 20.8 Å². The molecule has 0 aromatic carbocycles. The number of carbonyl (C=O) groups excluding carboxylic acids is 2. The summed E-state index contributed by atoms with van der Waals surface area (Å²) in [6.45, 7) is 6.26. The highest BCUT2D eigenvalue weighted by Gasteiger charge is 2.59. The van der Waals surface area contributed by atoms with E-state index in [9.17, 15) is 19.8 Å². The standard InChI is InChI=1S/C25H34N4O4S/c1-15(31)27-9-10-28-21(33)11-17-22-18(34-23(29-22)16-5-4-8-26-13-16)12-19-24(17,2)7-6-20(32)25(19,3)14-30/h4-5,8,13,17,19-20,30,32H,6-7,9-12,14H2,1-3H3,(H,27,31)(H,28,33). The molecule has 9 heteroatoms. The maximum absolute atomic E-state index is 13.0. The number of aliphatic hydroxyl groups is 2. The molecule has 2 heterocycles. The van der Waals surface area contributed by atoms with Gasteiger partial charge in [0.25, 0.3) is 0 Å². The summed E-state index contributed by atoms with van der Waals surface area (Å²) in [6.07, 6.45) is 5.28. The third-order valence-electron chi connectivity index (χ3n) is 8.01. The van der Waals surface area contributed by atoms with E-state index < -0.39 is 11.5 Å². The van der Waals surface area contributed by atoms with Gasteiger partial charge in [0.2, 0.25) is 11.8 Å². The van der Waals surface area contributed by atoms with Gasteiger partial charge in [-0.05, 0) is 42.7 Å². The van der Waals surface area contributed by atoms with Crippen LogP contribution in [0.3, 0.4) is 0 Å². The molecule has 0 bridgehead atoms. The number of rotatable bonds is 7. The van der Waals surface area contributed by atoms with Crippen LogP contribution in [0.5, 0.6) is 0 Å². The van der Waals surface area contributed by atoms with Crippen molar-refractivity contribution in [2.75, 3.05) is 19.7 Å². The largest absolute Gasteiger partial charge is 0.396 e. The highest BCUT2D eigenvalue weighted by molar-refractivity contribution is 7.15. The van der Waals surface area contributed by atoms with Crippen molar-refractivity contribution in [2.24, 2.45) is 16.7 Å². The van der Waals surface area contributed by atoms with Crippen molar-refractivity contribution in [1.29, 1.82) is 0 Å². The molecule has 2 amide bonds. The van der Waals surface area contributed by atoms with Crippen molar-refractivity contribution >= 4 is 23.2 Å². The van der Waals surface area contributed by atoms with Crippen LogP contribution < -0.4 is 10.6 Å². The lowest BCUT2D eigenvalue weighted by Gasteiger charge is -2.58. The smallest absolute Gasteiger partial charge is 0.220 e. The summed E-state index contributed by atoms with van der Waals surface area (Å²) in [5.74, 6) is -0.338. The molecule has 5 atom stereocenters. The lowest BCUT2D eigenvalue weighted by Crippen LogP contribution is -2.57. The average Bonchev–Trinajstić information content (AvgIpc) is 3.25. The second kappa shape index (κ2) is 9.71. The monoisotopic (exact) mass is 486 g/mol. The number of pyridine rings is 1. The van der Waals surface area contributed by atoms with Gasteiger partial charge in [0, 0.05) is 60.6 Å². The minimum atomic E-state index is -0.650. The van der Waals surface area contributed by atoms with E-state index in [0.717, 1.165) is 34.0 Å². The van der Waals surface area contributed by atoms with Crippen LogP contribution in [0.15, 0.2) is 24.5 Å². The van der Waals surface area contributed by atoms with Gasteiger partial charge in [-0.15, -0.1) is 11.3 Å². The summed E-state index contributed by atoms with van der Waals surface area (Å²) in [7, 11) is 0. The average molecular weight is 487 g/mol. The first-order valence-electron chi connectivity index (χ1n) is 11.9. The van der Waals surface area contributed by atoms with Gasteiger partial charge in [0.1, 0.15) is 5.01 Å². The number of thiazole rings is 1. The summed E-state index contributed by atoms with van der Waals surface area (Å²) in [6, 6.07) is 3.87. The van der Waals surface area contributed by atoms with Crippen LogP contribution in [0.2, 0.25) is 0 Å². The maximum atomic E-state index is 13.0. The lowest BCUT2D eigenvalue weighted by atomic mass is 9.47. The molecule has 0 spiro atoms. The minimum absolute atomic E-state index is 0.0145. The van der Waals surface area contributed by atoms with E-state index >= 15 is 0 Å². The van der Waals surface area contributed by atoms with Crippen molar-refractivity contribution in [3.8, 4) is 10.6 Å².